The summed E-state index contributed by atoms with van der Waals surface area (Å²) < 4.78 is 3.64. The van der Waals surface area contributed by atoms with Crippen molar-refractivity contribution in [1.29, 1.82) is 0 Å². The fraction of sp³-hybridized carbons (Fsp3) is 0.250. The number of aromatic nitrogens is 2. The van der Waals surface area contributed by atoms with Crippen LogP contribution in [0.5, 0.6) is 0 Å². The van der Waals surface area contributed by atoms with Crippen LogP contribution in [0.3, 0.4) is 0 Å². The first-order chi connectivity index (χ1) is 9.28. The molecule has 0 unspecified atom stereocenters. The number of aliphatic hydroxyl groups is 1. The van der Waals surface area contributed by atoms with Crippen LogP contribution in [0, 0.1) is 0 Å². The van der Waals surface area contributed by atoms with Gasteiger partial charge in [0.15, 0.2) is 0 Å². The van der Waals surface area contributed by atoms with E-state index < -0.39 is 0 Å². The molecule has 0 saturated heterocycles. The second-order valence-corrected chi connectivity index (χ2v) is 4.74. The van der Waals surface area contributed by atoms with Gasteiger partial charge in [-0.05, 0) is 12.0 Å². The van der Waals surface area contributed by atoms with Gasteiger partial charge >= 0.3 is 6.03 Å². The maximum atomic E-state index is 11.7. The van der Waals surface area contributed by atoms with E-state index in [2.05, 4.69) is 20.2 Å². The van der Waals surface area contributed by atoms with Gasteiger partial charge in [-0.15, -0.1) is 5.10 Å². The number of nitrogens with one attached hydrogen (secondary N) is 2. The normalized spacial score (nSPS) is 11.8. The average molecular weight is 278 g/mol. The molecule has 2 amide bonds. The lowest BCUT2D eigenvalue weighted by atomic mass is 10.1. The number of hydrogen-bond donors (Lipinski definition) is 3. The van der Waals surface area contributed by atoms with Crippen LogP contribution in [0.15, 0.2) is 36.5 Å². The fourth-order valence-corrected chi connectivity index (χ4v) is 2.03. The van der Waals surface area contributed by atoms with Crippen molar-refractivity contribution in [3.63, 3.8) is 0 Å². The molecule has 0 aliphatic heterocycles. The van der Waals surface area contributed by atoms with Crippen LogP contribution in [0.25, 0.3) is 0 Å². The number of nitrogens with zero attached hydrogens (tertiary/aromatic N) is 2. The number of hydrogen-bond acceptors (Lipinski definition) is 5. The Labute approximate surface area is 114 Å². The molecule has 1 aromatic carbocycles. The average Bonchev–Trinajstić information content (AvgIpc) is 2.92. The minimum absolute atomic E-state index is 0.122. The highest BCUT2D eigenvalue weighted by Gasteiger charge is 2.12. The Morgan fingerprint density at radius 3 is 2.79 bits per heavy atom. The van der Waals surface area contributed by atoms with Gasteiger partial charge < -0.3 is 10.4 Å². The first kappa shape index (κ1) is 13.4. The molecule has 0 spiro atoms. The molecule has 3 N–H and O–H groups in total. The Balaban J connectivity index is 1.86. The van der Waals surface area contributed by atoms with E-state index in [9.17, 15) is 9.90 Å². The summed E-state index contributed by atoms with van der Waals surface area (Å²) in [6.07, 6.45) is 2.04. The second-order valence-electron chi connectivity index (χ2n) is 3.95. The zero-order chi connectivity index (χ0) is 13.5. The molecule has 2 rings (SSSR count). The quantitative estimate of drug-likeness (QED) is 0.768. The van der Waals surface area contributed by atoms with E-state index in [4.69, 9.17) is 0 Å². The SMILES string of the molecule is O=C(Nc1cnns1)N[C@@H](CO)Cc1ccccc1. The molecular formula is C12H14N4O2S. The Morgan fingerprint density at radius 2 is 2.16 bits per heavy atom. The number of carbonyl (C=O) groups is 1. The monoisotopic (exact) mass is 278 g/mol. The van der Waals surface area contributed by atoms with Crippen LogP contribution in [-0.2, 0) is 6.42 Å². The summed E-state index contributed by atoms with van der Waals surface area (Å²) in [4.78, 5) is 11.7. The van der Waals surface area contributed by atoms with Gasteiger partial charge in [-0.25, -0.2) is 4.79 Å². The third kappa shape index (κ3) is 4.31. The predicted molar refractivity (Wildman–Crippen MR) is 73.1 cm³/mol. The summed E-state index contributed by atoms with van der Waals surface area (Å²) in [6, 6.07) is 8.97. The van der Waals surface area contributed by atoms with Crippen LogP contribution in [0.4, 0.5) is 9.80 Å². The Hall–Kier alpha value is -1.99. The predicted octanol–water partition coefficient (Wildman–Crippen LogP) is 1.26. The van der Waals surface area contributed by atoms with Crippen molar-refractivity contribution < 1.29 is 9.90 Å². The number of aliphatic hydroxyl groups excluding tert-OH is 1. The van der Waals surface area contributed by atoms with Gasteiger partial charge in [0, 0.05) is 11.5 Å². The molecule has 0 fully saturated rings. The lowest BCUT2D eigenvalue weighted by Gasteiger charge is -2.16. The van der Waals surface area contributed by atoms with Crippen LogP contribution in [-0.4, -0.2) is 33.4 Å². The molecule has 0 bridgehead atoms. The second kappa shape index (κ2) is 6.81. The fourth-order valence-electron chi connectivity index (χ4n) is 1.62. The van der Waals surface area contributed by atoms with Crippen molar-refractivity contribution in [2.45, 2.75) is 12.5 Å². The van der Waals surface area contributed by atoms with Gasteiger partial charge in [-0.3, -0.25) is 5.32 Å². The van der Waals surface area contributed by atoms with E-state index >= 15 is 0 Å². The van der Waals surface area contributed by atoms with E-state index in [0.717, 1.165) is 17.1 Å². The van der Waals surface area contributed by atoms with Crippen LogP contribution in [0.1, 0.15) is 5.56 Å². The van der Waals surface area contributed by atoms with E-state index in [0.29, 0.717) is 11.4 Å². The molecule has 1 aromatic heterocycles. The van der Waals surface area contributed by atoms with Gasteiger partial charge in [0.2, 0.25) is 0 Å². The van der Waals surface area contributed by atoms with Gasteiger partial charge in [-0.2, -0.15) is 0 Å². The highest BCUT2D eigenvalue weighted by molar-refractivity contribution is 7.10. The smallest absolute Gasteiger partial charge is 0.320 e. The Morgan fingerprint density at radius 1 is 1.37 bits per heavy atom. The topological polar surface area (TPSA) is 87.1 Å². The van der Waals surface area contributed by atoms with Gasteiger partial charge in [0.25, 0.3) is 0 Å². The number of amides is 2. The lowest BCUT2D eigenvalue weighted by molar-refractivity contribution is 0.224. The van der Waals surface area contributed by atoms with Crippen molar-refractivity contribution in [1.82, 2.24) is 14.9 Å². The van der Waals surface area contributed by atoms with Crippen molar-refractivity contribution in [2.24, 2.45) is 0 Å². The third-order valence-electron chi connectivity index (χ3n) is 2.48. The molecule has 0 saturated carbocycles. The van der Waals surface area contributed by atoms with E-state index in [1.165, 1.54) is 6.20 Å². The molecule has 19 heavy (non-hydrogen) atoms. The summed E-state index contributed by atoms with van der Waals surface area (Å²) in [5.74, 6) is 0. The first-order valence-electron chi connectivity index (χ1n) is 5.77. The number of carbonyl (C=O) groups excluding carboxylic acids is 1. The standard InChI is InChI=1S/C12H14N4O2S/c17-8-10(6-9-4-2-1-3-5-9)14-12(18)15-11-7-13-16-19-11/h1-5,7,10,17H,6,8H2,(H2,14,15,18)/t10-/m1/s1. The van der Waals surface area contributed by atoms with Crippen molar-refractivity contribution in [2.75, 3.05) is 11.9 Å². The minimum atomic E-state index is -0.374. The minimum Gasteiger partial charge on any atom is -0.394 e. The molecule has 100 valence electrons. The van der Waals surface area contributed by atoms with E-state index in [1.807, 2.05) is 30.3 Å². The van der Waals surface area contributed by atoms with Crippen molar-refractivity contribution >= 4 is 22.6 Å². The van der Waals surface area contributed by atoms with Crippen LogP contribution < -0.4 is 10.6 Å². The molecule has 0 aliphatic rings. The molecule has 1 heterocycles. The Bertz CT molecular complexity index is 504. The molecule has 1 atom stereocenters. The van der Waals surface area contributed by atoms with Crippen molar-refractivity contribution in [3.05, 3.63) is 42.1 Å². The van der Waals surface area contributed by atoms with Gasteiger partial charge in [-0.1, -0.05) is 34.8 Å². The van der Waals surface area contributed by atoms with Crippen LogP contribution >= 0.6 is 11.5 Å². The summed E-state index contributed by atoms with van der Waals surface area (Å²) in [5, 5.41) is 18.8. The molecule has 2 aromatic rings. The first-order valence-corrected chi connectivity index (χ1v) is 6.55. The Kier molecular flexibility index (Phi) is 4.82. The van der Waals surface area contributed by atoms with E-state index in [-0.39, 0.29) is 18.7 Å². The largest absolute Gasteiger partial charge is 0.394 e. The maximum absolute atomic E-state index is 11.7. The lowest BCUT2D eigenvalue weighted by Crippen LogP contribution is -2.41. The molecule has 0 radical (unpaired) electrons. The molecule has 7 heteroatoms. The van der Waals surface area contributed by atoms with Gasteiger partial charge in [0.1, 0.15) is 5.00 Å². The van der Waals surface area contributed by atoms with Crippen LogP contribution in [0.2, 0.25) is 0 Å². The zero-order valence-electron chi connectivity index (χ0n) is 10.1. The molecule has 0 aliphatic carbocycles. The summed E-state index contributed by atoms with van der Waals surface area (Å²) in [5.41, 5.74) is 1.06. The van der Waals surface area contributed by atoms with Crippen molar-refractivity contribution in [3.8, 4) is 0 Å². The number of urea groups is 1. The third-order valence-corrected chi connectivity index (χ3v) is 3.06. The number of benzene rings is 1. The maximum Gasteiger partial charge on any atom is 0.320 e. The number of rotatable bonds is 5. The highest BCUT2D eigenvalue weighted by atomic mass is 32.1. The molecule has 6 nitrogen and oxygen atoms in total. The summed E-state index contributed by atoms with van der Waals surface area (Å²) in [7, 11) is 0. The zero-order valence-corrected chi connectivity index (χ0v) is 10.9. The highest BCUT2D eigenvalue weighted by Crippen LogP contribution is 2.09. The molecular weight excluding hydrogens is 264 g/mol. The number of anilines is 1. The summed E-state index contributed by atoms with van der Waals surface area (Å²) >= 11 is 1.09. The van der Waals surface area contributed by atoms with Gasteiger partial charge in [0.05, 0.1) is 18.8 Å². The van der Waals surface area contributed by atoms with E-state index in [1.54, 1.807) is 0 Å². The summed E-state index contributed by atoms with van der Waals surface area (Å²) in [6.45, 7) is -0.122.